The largest absolute Gasteiger partial charge is 0.695 e. The molecular weight excluding hydrogens is 224 g/mol. The number of nitrogens with two attached hydrogens (primary N) is 1. The molecule has 15 heavy (non-hydrogen) atoms. The number of rotatable bonds is 4. The fourth-order valence-corrected chi connectivity index (χ4v) is 1.27. The zero-order valence-corrected chi connectivity index (χ0v) is 8.83. The van der Waals surface area contributed by atoms with E-state index in [2.05, 4.69) is 4.52 Å². The lowest BCUT2D eigenvalue weighted by Crippen LogP contribution is -1.98. The quantitative estimate of drug-likeness (QED) is 0.610. The number of ether oxygens (including phenoxy) is 1. The summed E-state index contributed by atoms with van der Waals surface area (Å²) in [4.78, 5) is 8.39. The minimum absolute atomic E-state index is 0.110. The first-order valence-electron chi connectivity index (χ1n) is 3.95. The molecule has 5 nitrogen and oxygen atoms in total. The van der Waals surface area contributed by atoms with E-state index in [0.29, 0.717) is 5.75 Å². The predicted octanol–water partition coefficient (Wildman–Crippen LogP) is 1.58. The molecule has 7 heteroatoms. The Kier molecular flexibility index (Phi) is 3.96. The Labute approximate surface area is 86.6 Å². The number of hydrogen-bond acceptors (Lipinski definition) is 4. The molecule has 1 aromatic carbocycles. The summed E-state index contributed by atoms with van der Waals surface area (Å²) in [5.74, 6) is -0.312. The highest BCUT2D eigenvalue weighted by Crippen LogP contribution is 2.27. The third-order valence-electron chi connectivity index (χ3n) is 1.73. The van der Waals surface area contributed by atoms with Crippen LogP contribution in [0.5, 0.6) is 5.75 Å². The smallest absolute Gasteiger partial charge is 0.495 e. The van der Waals surface area contributed by atoms with E-state index in [1.54, 1.807) is 0 Å². The summed E-state index contributed by atoms with van der Waals surface area (Å²) in [6.45, 7) is -0.311. The monoisotopic (exact) mass is 234 g/mol. The van der Waals surface area contributed by atoms with Crippen LogP contribution >= 0.6 is 8.25 Å². The van der Waals surface area contributed by atoms with E-state index < -0.39 is 14.1 Å². The highest BCUT2D eigenvalue weighted by molar-refractivity contribution is 7.32. The van der Waals surface area contributed by atoms with Crippen molar-refractivity contribution in [3.63, 3.8) is 0 Å². The van der Waals surface area contributed by atoms with Crippen molar-refractivity contribution < 1.29 is 23.1 Å². The lowest BCUT2D eigenvalue weighted by atomic mass is 10.2. The maximum Gasteiger partial charge on any atom is 0.695 e. The first-order valence-corrected chi connectivity index (χ1v) is 5.08. The summed E-state index contributed by atoms with van der Waals surface area (Å²) in [5, 5.41) is 0. The van der Waals surface area contributed by atoms with Gasteiger partial charge in [-0.25, -0.2) is 4.39 Å². The molecule has 0 amide bonds. The highest BCUT2D eigenvalue weighted by atomic mass is 31.1. The molecule has 1 unspecified atom stereocenters. The number of anilines is 1. The fraction of sp³-hybridized carbons (Fsp3) is 0.250. The summed E-state index contributed by atoms with van der Waals surface area (Å²) >= 11 is 0. The van der Waals surface area contributed by atoms with E-state index in [1.807, 2.05) is 0 Å². The molecule has 0 bridgehead atoms. The number of benzene rings is 1. The number of nitrogen functional groups attached to an aromatic ring is 1. The first kappa shape index (κ1) is 11.8. The van der Waals surface area contributed by atoms with E-state index in [1.165, 1.54) is 13.2 Å². The molecule has 0 aliphatic rings. The fourth-order valence-electron chi connectivity index (χ4n) is 1.02. The van der Waals surface area contributed by atoms with Gasteiger partial charge in [0.05, 0.1) is 12.8 Å². The third kappa shape index (κ3) is 3.13. The normalized spacial score (nSPS) is 11.3. The second kappa shape index (κ2) is 5.02. The molecule has 1 aromatic rings. The van der Waals surface area contributed by atoms with Gasteiger partial charge >= 0.3 is 8.25 Å². The first-order chi connectivity index (χ1) is 7.04. The molecule has 3 N–H and O–H groups in total. The van der Waals surface area contributed by atoms with Crippen molar-refractivity contribution in [1.82, 2.24) is 0 Å². The molecular formula is C8H10FNO4P+. The Hall–Kier alpha value is -1.23. The van der Waals surface area contributed by atoms with E-state index in [4.69, 9.17) is 15.4 Å². The van der Waals surface area contributed by atoms with Crippen LogP contribution in [-0.4, -0.2) is 12.0 Å². The van der Waals surface area contributed by atoms with Crippen molar-refractivity contribution in [1.29, 1.82) is 0 Å². The predicted molar refractivity (Wildman–Crippen MR) is 52.0 cm³/mol. The summed E-state index contributed by atoms with van der Waals surface area (Å²) in [6.07, 6.45) is 0. The maximum atomic E-state index is 13.2. The van der Waals surface area contributed by atoms with Gasteiger partial charge in [0.2, 0.25) is 0 Å². The van der Waals surface area contributed by atoms with Crippen molar-refractivity contribution in [2.24, 2.45) is 0 Å². The lowest BCUT2D eigenvalue weighted by molar-refractivity contribution is 0.267. The highest BCUT2D eigenvalue weighted by Gasteiger charge is 2.16. The summed E-state index contributed by atoms with van der Waals surface area (Å²) < 4.78 is 32.7. The Bertz CT molecular complexity index is 385. The van der Waals surface area contributed by atoms with Gasteiger partial charge in [0.25, 0.3) is 0 Å². The average Bonchev–Trinajstić information content (AvgIpc) is 2.16. The molecule has 0 radical (unpaired) electrons. The maximum absolute atomic E-state index is 13.2. The zero-order chi connectivity index (χ0) is 11.4. The van der Waals surface area contributed by atoms with Crippen LogP contribution in [0.25, 0.3) is 0 Å². The van der Waals surface area contributed by atoms with Crippen molar-refractivity contribution in [2.75, 3.05) is 12.8 Å². The molecule has 0 saturated heterocycles. The van der Waals surface area contributed by atoms with Crippen LogP contribution in [0, 0.1) is 5.82 Å². The summed E-state index contributed by atoms with van der Waals surface area (Å²) in [5.41, 5.74) is 5.71. The van der Waals surface area contributed by atoms with Crippen LogP contribution in [-0.2, 0) is 15.7 Å². The lowest BCUT2D eigenvalue weighted by Gasteiger charge is -2.06. The van der Waals surface area contributed by atoms with E-state index in [9.17, 15) is 8.96 Å². The van der Waals surface area contributed by atoms with Crippen molar-refractivity contribution >= 4 is 13.9 Å². The van der Waals surface area contributed by atoms with E-state index in [0.717, 1.165) is 6.07 Å². The molecule has 0 aliphatic carbocycles. The van der Waals surface area contributed by atoms with Gasteiger partial charge in [-0.3, -0.25) is 0 Å². The van der Waals surface area contributed by atoms with Gasteiger partial charge in [0.15, 0.2) is 0 Å². The molecule has 0 heterocycles. The molecule has 0 spiro atoms. The minimum Gasteiger partial charge on any atom is -0.495 e. The van der Waals surface area contributed by atoms with Crippen LogP contribution in [0.1, 0.15) is 5.56 Å². The number of halogens is 1. The van der Waals surface area contributed by atoms with Gasteiger partial charge in [-0.15, -0.1) is 9.42 Å². The molecule has 1 atom stereocenters. The Balaban J connectivity index is 2.92. The minimum atomic E-state index is -2.75. The van der Waals surface area contributed by atoms with Crippen molar-refractivity contribution in [2.45, 2.75) is 6.61 Å². The van der Waals surface area contributed by atoms with Gasteiger partial charge in [-0.2, -0.15) is 0 Å². The van der Waals surface area contributed by atoms with Crippen LogP contribution in [0.2, 0.25) is 0 Å². The summed E-state index contributed by atoms with van der Waals surface area (Å²) in [6, 6.07) is 2.39. The molecule has 0 aromatic heterocycles. The Morgan fingerprint density at radius 1 is 1.60 bits per heavy atom. The van der Waals surface area contributed by atoms with E-state index >= 15 is 0 Å². The van der Waals surface area contributed by atoms with Gasteiger partial charge in [-0.05, 0) is 6.07 Å². The van der Waals surface area contributed by atoms with Crippen LogP contribution in [0.3, 0.4) is 0 Å². The molecule has 1 rings (SSSR count). The SMILES string of the molecule is COc1cc(CO[P+](=O)O)c(F)cc1N. The molecule has 0 fully saturated rings. The van der Waals surface area contributed by atoms with Crippen LogP contribution < -0.4 is 10.5 Å². The Morgan fingerprint density at radius 3 is 2.80 bits per heavy atom. The van der Waals surface area contributed by atoms with Gasteiger partial charge in [0, 0.05) is 16.2 Å². The molecule has 82 valence electrons. The standard InChI is InChI=1S/C8H9FNO4P/c1-13-8-2-5(4-14-15(11)12)6(9)3-7(8)10/h2-3H,4,10H2,1H3/p+1. The third-order valence-corrected chi connectivity index (χ3v) is 2.08. The van der Waals surface area contributed by atoms with Crippen molar-refractivity contribution in [3.8, 4) is 5.75 Å². The van der Waals surface area contributed by atoms with Crippen molar-refractivity contribution in [3.05, 3.63) is 23.5 Å². The van der Waals surface area contributed by atoms with E-state index in [-0.39, 0.29) is 17.9 Å². The van der Waals surface area contributed by atoms with Gasteiger partial charge in [-0.1, -0.05) is 0 Å². The topological polar surface area (TPSA) is 81.8 Å². The average molecular weight is 234 g/mol. The second-order valence-electron chi connectivity index (χ2n) is 2.70. The zero-order valence-electron chi connectivity index (χ0n) is 7.94. The Morgan fingerprint density at radius 2 is 2.27 bits per heavy atom. The van der Waals surface area contributed by atoms with Crippen LogP contribution in [0.15, 0.2) is 12.1 Å². The molecule has 0 aliphatic heterocycles. The number of methoxy groups -OCH3 is 1. The summed E-state index contributed by atoms with van der Waals surface area (Å²) in [7, 11) is -1.36. The molecule has 0 saturated carbocycles. The second-order valence-corrected chi connectivity index (χ2v) is 3.43. The van der Waals surface area contributed by atoms with Crippen LogP contribution in [0.4, 0.5) is 10.1 Å². The van der Waals surface area contributed by atoms with Gasteiger partial charge < -0.3 is 10.5 Å². The number of hydrogen-bond donors (Lipinski definition) is 2. The van der Waals surface area contributed by atoms with Gasteiger partial charge in [0.1, 0.15) is 18.2 Å².